The number of nitrogens with zero attached hydrogens (tertiary/aromatic N) is 2. The highest BCUT2D eigenvalue weighted by atomic mass is 16.5. The lowest BCUT2D eigenvalue weighted by Gasteiger charge is -2.26. The van der Waals surface area contributed by atoms with E-state index in [1.165, 1.54) is 25.1 Å². The Morgan fingerprint density at radius 2 is 2.12 bits per heavy atom. The third kappa shape index (κ3) is 2.29. The standard InChI is InChI=1S/C14H20N2O/c1-2-4-13(5-3-1)16-9-8-15-14(16)12-6-10-17-11-7-12/h2,4,8-9,12-13H,1,3,5-7,10-11H2. The molecule has 0 N–H and O–H groups in total. The first-order valence-corrected chi connectivity index (χ1v) is 6.72. The van der Waals surface area contributed by atoms with Gasteiger partial charge in [0, 0.05) is 31.5 Å². The molecule has 0 radical (unpaired) electrons. The van der Waals surface area contributed by atoms with Crippen molar-refractivity contribution in [1.82, 2.24) is 9.55 Å². The first-order valence-electron chi connectivity index (χ1n) is 6.72. The fourth-order valence-electron chi connectivity index (χ4n) is 2.90. The number of ether oxygens (including phenoxy) is 1. The van der Waals surface area contributed by atoms with Crippen LogP contribution >= 0.6 is 0 Å². The first-order chi connectivity index (χ1) is 8.45. The Morgan fingerprint density at radius 1 is 1.24 bits per heavy atom. The lowest BCUT2D eigenvalue weighted by atomic mass is 9.97. The van der Waals surface area contributed by atoms with Crippen molar-refractivity contribution in [2.24, 2.45) is 0 Å². The van der Waals surface area contributed by atoms with Crippen LogP contribution in [0.15, 0.2) is 24.5 Å². The molecule has 1 atom stereocenters. The Hall–Kier alpha value is -1.09. The molecule has 0 bridgehead atoms. The highest BCUT2D eigenvalue weighted by molar-refractivity contribution is 5.08. The third-order valence-corrected chi connectivity index (χ3v) is 3.87. The Bertz CT molecular complexity index is 391. The summed E-state index contributed by atoms with van der Waals surface area (Å²) in [5.41, 5.74) is 0. The number of allylic oxidation sites excluding steroid dienone is 2. The Labute approximate surface area is 102 Å². The van der Waals surface area contributed by atoms with Gasteiger partial charge in [-0.15, -0.1) is 0 Å². The van der Waals surface area contributed by atoms with Gasteiger partial charge in [-0.2, -0.15) is 0 Å². The van der Waals surface area contributed by atoms with Crippen LogP contribution in [-0.2, 0) is 4.74 Å². The van der Waals surface area contributed by atoms with Crippen molar-refractivity contribution in [3.05, 3.63) is 30.4 Å². The highest BCUT2D eigenvalue weighted by Crippen LogP contribution is 2.30. The minimum atomic E-state index is 0.532. The summed E-state index contributed by atoms with van der Waals surface area (Å²) in [5.74, 6) is 1.86. The average Bonchev–Trinajstić information content (AvgIpc) is 2.90. The molecule has 1 aliphatic heterocycles. The maximum absolute atomic E-state index is 5.43. The molecule has 1 aliphatic carbocycles. The van der Waals surface area contributed by atoms with Crippen molar-refractivity contribution < 1.29 is 4.74 Å². The van der Waals surface area contributed by atoms with Crippen LogP contribution in [-0.4, -0.2) is 22.8 Å². The maximum atomic E-state index is 5.43. The van der Waals surface area contributed by atoms with Gasteiger partial charge in [-0.25, -0.2) is 4.98 Å². The molecule has 0 aromatic carbocycles. The maximum Gasteiger partial charge on any atom is 0.112 e. The van der Waals surface area contributed by atoms with Crippen LogP contribution in [0.3, 0.4) is 0 Å². The third-order valence-electron chi connectivity index (χ3n) is 3.87. The van der Waals surface area contributed by atoms with E-state index < -0.39 is 0 Å². The largest absolute Gasteiger partial charge is 0.381 e. The molecule has 1 unspecified atom stereocenters. The topological polar surface area (TPSA) is 27.1 Å². The van der Waals surface area contributed by atoms with Gasteiger partial charge in [-0.05, 0) is 32.1 Å². The van der Waals surface area contributed by atoms with Gasteiger partial charge in [0.05, 0.1) is 6.04 Å². The van der Waals surface area contributed by atoms with Crippen LogP contribution in [0, 0.1) is 0 Å². The van der Waals surface area contributed by atoms with Crippen molar-refractivity contribution in [1.29, 1.82) is 0 Å². The van der Waals surface area contributed by atoms with Crippen LogP contribution in [0.5, 0.6) is 0 Å². The monoisotopic (exact) mass is 232 g/mol. The van der Waals surface area contributed by atoms with Crippen molar-refractivity contribution in [2.75, 3.05) is 13.2 Å². The summed E-state index contributed by atoms with van der Waals surface area (Å²) >= 11 is 0. The lowest BCUT2D eigenvalue weighted by Crippen LogP contribution is -2.20. The fraction of sp³-hybridized carbons (Fsp3) is 0.643. The predicted octanol–water partition coefficient (Wildman–Crippen LogP) is 3.06. The van der Waals surface area contributed by atoms with Crippen molar-refractivity contribution in [3.8, 4) is 0 Å². The SMILES string of the molecule is C1=CC(n2ccnc2C2CCOCC2)CCC1. The van der Waals surface area contributed by atoms with E-state index in [4.69, 9.17) is 4.74 Å². The Kier molecular flexibility index (Phi) is 3.27. The van der Waals surface area contributed by atoms with E-state index in [9.17, 15) is 0 Å². The van der Waals surface area contributed by atoms with E-state index >= 15 is 0 Å². The van der Waals surface area contributed by atoms with Gasteiger partial charge in [0.25, 0.3) is 0 Å². The second-order valence-corrected chi connectivity index (χ2v) is 5.01. The molecule has 3 heteroatoms. The molecule has 1 saturated heterocycles. The summed E-state index contributed by atoms with van der Waals surface area (Å²) in [5, 5.41) is 0. The number of imidazole rings is 1. The Balaban J connectivity index is 1.82. The number of rotatable bonds is 2. The Morgan fingerprint density at radius 3 is 2.88 bits per heavy atom. The molecule has 17 heavy (non-hydrogen) atoms. The number of hydrogen-bond donors (Lipinski definition) is 0. The molecule has 92 valence electrons. The molecular formula is C14H20N2O. The van der Waals surface area contributed by atoms with Crippen LogP contribution in [0.1, 0.15) is 49.9 Å². The molecule has 3 rings (SSSR count). The second-order valence-electron chi connectivity index (χ2n) is 5.01. The summed E-state index contributed by atoms with van der Waals surface area (Å²) < 4.78 is 7.81. The summed E-state index contributed by atoms with van der Waals surface area (Å²) in [6.45, 7) is 1.77. The van der Waals surface area contributed by atoms with Crippen LogP contribution < -0.4 is 0 Å². The normalized spacial score (nSPS) is 26.2. The van der Waals surface area contributed by atoms with Crippen LogP contribution in [0.4, 0.5) is 0 Å². The number of hydrogen-bond acceptors (Lipinski definition) is 2. The molecule has 3 nitrogen and oxygen atoms in total. The zero-order valence-electron chi connectivity index (χ0n) is 10.2. The molecule has 0 spiro atoms. The smallest absolute Gasteiger partial charge is 0.112 e. The van der Waals surface area contributed by atoms with Crippen LogP contribution in [0.2, 0.25) is 0 Å². The summed E-state index contributed by atoms with van der Waals surface area (Å²) in [4.78, 5) is 4.59. The zero-order chi connectivity index (χ0) is 11.5. The van der Waals surface area contributed by atoms with E-state index in [-0.39, 0.29) is 0 Å². The van der Waals surface area contributed by atoms with E-state index in [0.29, 0.717) is 12.0 Å². The van der Waals surface area contributed by atoms with E-state index in [1.807, 2.05) is 6.20 Å². The molecule has 0 saturated carbocycles. The van der Waals surface area contributed by atoms with Gasteiger partial charge in [-0.3, -0.25) is 0 Å². The number of aromatic nitrogens is 2. The molecule has 1 aromatic heterocycles. The van der Waals surface area contributed by atoms with E-state index in [2.05, 4.69) is 27.9 Å². The van der Waals surface area contributed by atoms with Gasteiger partial charge in [-0.1, -0.05) is 12.2 Å². The highest BCUT2D eigenvalue weighted by Gasteiger charge is 2.23. The van der Waals surface area contributed by atoms with E-state index in [0.717, 1.165) is 26.1 Å². The molecular weight excluding hydrogens is 212 g/mol. The summed E-state index contributed by atoms with van der Waals surface area (Å²) in [7, 11) is 0. The van der Waals surface area contributed by atoms with Gasteiger partial charge < -0.3 is 9.30 Å². The zero-order valence-corrected chi connectivity index (χ0v) is 10.2. The lowest BCUT2D eigenvalue weighted by molar-refractivity contribution is 0.0826. The van der Waals surface area contributed by atoms with Gasteiger partial charge >= 0.3 is 0 Å². The summed E-state index contributed by atoms with van der Waals surface area (Å²) in [6.07, 6.45) is 14.8. The molecule has 1 fully saturated rings. The van der Waals surface area contributed by atoms with Gasteiger partial charge in [0.2, 0.25) is 0 Å². The average molecular weight is 232 g/mol. The molecule has 2 heterocycles. The molecule has 0 amide bonds. The van der Waals surface area contributed by atoms with Gasteiger partial charge in [0.15, 0.2) is 0 Å². The summed E-state index contributed by atoms with van der Waals surface area (Å²) in [6, 6.07) is 0.532. The van der Waals surface area contributed by atoms with Crippen LogP contribution in [0.25, 0.3) is 0 Å². The molecule has 1 aromatic rings. The van der Waals surface area contributed by atoms with E-state index in [1.54, 1.807) is 0 Å². The second kappa shape index (κ2) is 5.05. The van der Waals surface area contributed by atoms with Crippen molar-refractivity contribution in [3.63, 3.8) is 0 Å². The van der Waals surface area contributed by atoms with Crippen molar-refractivity contribution >= 4 is 0 Å². The minimum Gasteiger partial charge on any atom is -0.381 e. The minimum absolute atomic E-state index is 0.532. The predicted molar refractivity (Wildman–Crippen MR) is 67.0 cm³/mol. The first kappa shape index (κ1) is 11.0. The van der Waals surface area contributed by atoms with Crippen molar-refractivity contribution in [2.45, 2.75) is 44.1 Å². The fourth-order valence-corrected chi connectivity index (χ4v) is 2.90. The van der Waals surface area contributed by atoms with Gasteiger partial charge in [0.1, 0.15) is 5.82 Å². The molecule has 2 aliphatic rings. The quantitative estimate of drug-likeness (QED) is 0.733.